The van der Waals surface area contributed by atoms with E-state index in [9.17, 15) is 9.60 Å². The van der Waals surface area contributed by atoms with Crippen LogP contribution in [0.15, 0.2) is 18.3 Å². The van der Waals surface area contributed by atoms with Crippen LogP contribution in [0.3, 0.4) is 0 Å². The molecule has 1 saturated carbocycles. The Hall–Kier alpha value is -1.32. The fourth-order valence-electron chi connectivity index (χ4n) is 1.42. The Morgan fingerprint density at radius 2 is 2.29 bits per heavy atom. The van der Waals surface area contributed by atoms with E-state index in [1.807, 2.05) is 0 Å². The lowest BCUT2D eigenvalue weighted by molar-refractivity contribution is -0.614. The molecule has 0 bridgehead atoms. The highest BCUT2D eigenvalue weighted by Crippen LogP contribution is 2.26. The van der Waals surface area contributed by atoms with Crippen molar-refractivity contribution in [3.63, 3.8) is 0 Å². The second-order valence-electron chi connectivity index (χ2n) is 3.62. The third-order valence-electron chi connectivity index (χ3n) is 2.53. The molecule has 0 atom stereocenters. The summed E-state index contributed by atoms with van der Waals surface area (Å²) in [7, 11) is 0. The van der Waals surface area contributed by atoms with Crippen molar-refractivity contribution in [2.75, 3.05) is 6.61 Å². The van der Waals surface area contributed by atoms with Gasteiger partial charge < -0.3 is 9.94 Å². The smallest absolute Gasteiger partial charge is 0.379 e. The number of pyridine rings is 1. The van der Waals surface area contributed by atoms with Gasteiger partial charge in [-0.1, -0.05) is 6.42 Å². The van der Waals surface area contributed by atoms with Gasteiger partial charge in [-0.2, -0.15) is 0 Å². The van der Waals surface area contributed by atoms with Gasteiger partial charge in [0.1, 0.15) is 0 Å². The number of aromatic nitrogens is 1. The minimum Gasteiger partial charge on any atom is -0.616 e. The topological polar surface area (TPSA) is 36.2 Å². The summed E-state index contributed by atoms with van der Waals surface area (Å²) in [6.45, 7) is 0.563. The quantitative estimate of drug-likeness (QED) is 0.545. The van der Waals surface area contributed by atoms with Crippen LogP contribution >= 0.6 is 0 Å². The fraction of sp³-hybridized carbons (Fsp3) is 0.500. The Morgan fingerprint density at radius 1 is 1.50 bits per heavy atom. The van der Waals surface area contributed by atoms with Gasteiger partial charge in [-0.25, -0.2) is 4.39 Å². The number of rotatable bonds is 3. The standard InChI is InChI=1S/C10H12FNO2/c11-9-4-5-10(12(13)6-9)14-7-8-2-1-3-8/h4-6,8H,1-3,7H2. The molecule has 0 aliphatic heterocycles. The minimum atomic E-state index is -0.545. The summed E-state index contributed by atoms with van der Waals surface area (Å²) in [5.41, 5.74) is 0. The molecule has 0 radical (unpaired) electrons. The first-order chi connectivity index (χ1) is 6.75. The van der Waals surface area contributed by atoms with Crippen molar-refractivity contribution in [2.24, 2.45) is 5.92 Å². The van der Waals surface area contributed by atoms with Crippen LogP contribution in [-0.4, -0.2) is 6.61 Å². The molecule has 1 aliphatic carbocycles. The Labute approximate surface area is 81.7 Å². The second kappa shape index (κ2) is 3.82. The van der Waals surface area contributed by atoms with Gasteiger partial charge in [0, 0.05) is 0 Å². The van der Waals surface area contributed by atoms with E-state index in [0.717, 1.165) is 6.20 Å². The molecule has 0 amide bonds. The highest BCUT2D eigenvalue weighted by atomic mass is 19.1. The van der Waals surface area contributed by atoms with Gasteiger partial charge in [-0.15, -0.1) is 4.73 Å². The molecule has 14 heavy (non-hydrogen) atoms. The lowest BCUT2D eigenvalue weighted by Crippen LogP contribution is -2.31. The summed E-state index contributed by atoms with van der Waals surface area (Å²) < 4.78 is 18.3. The Kier molecular flexibility index (Phi) is 2.52. The predicted molar refractivity (Wildman–Crippen MR) is 48.2 cm³/mol. The Bertz CT molecular complexity index is 326. The van der Waals surface area contributed by atoms with Crippen molar-refractivity contribution in [1.82, 2.24) is 0 Å². The maximum atomic E-state index is 12.5. The minimum absolute atomic E-state index is 0.179. The van der Waals surface area contributed by atoms with Gasteiger partial charge in [-0.3, -0.25) is 0 Å². The molecular formula is C10H12FNO2. The highest BCUT2D eigenvalue weighted by Gasteiger charge is 2.19. The molecule has 1 aromatic heterocycles. The van der Waals surface area contributed by atoms with Gasteiger partial charge in [0.2, 0.25) is 6.20 Å². The van der Waals surface area contributed by atoms with Crippen LogP contribution in [0.25, 0.3) is 0 Å². The molecule has 0 unspecified atom stereocenters. The van der Waals surface area contributed by atoms with Crippen molar-refractivity contribution in [3.8, 4) is 5.88 Å². The molecule has 1 heterocycles. The Morgan fingerprint density at radius 3 is 2.86 bits per heavy atom. The molecule has 0 saturated heterocycles. The van der Waals surface area contributed by atoms with Crippen LogP contribution in [0.1, 0.15) is 19.3 Å². The van der Waals surface area contributed by atoms with Crippen LogP contribution in [0, 0.1) is 16.9 Å². The lowest BCUT2D eigenvalue weighted by Gasteiger charge is -2.24. The maximum absolute atomic E-state index is 12.5. The summed E-state index contributed by atoms with van der Waals surface area (Å²) in [4.78, 5) is 0. The van der Waals surface area contributed by atoms with Gasteiger partial charge in [0.25, 0.3) is 0 Å². The van der Waals surface area contributed by atoms with E-state index in [1.165, 1.54) is 31.4 Å². The van der Waals surface area contributed by atoms with E-state index < -0.39 is 5.82 Å². The second-order valence-corrected chi connectivity index (χ2v) is 3.62. The number of nitrogens with zero attached hydrogens (tertiary/aromatic N) is 1. The zero-order valence-electron chi connectivity index (χ0n) is 7.78. The summed E-state index contributed by atoms with van der Waals surface area (Å²) in [6.07, 6.45) is 4.45. The van der Waals surface area contributed by atoms with E-state index in [0.29, 0.717) is 17.3 Å². The van der Waals surface area contributed by atoms with E-state index in [1.54, 1.807) is 0 Å². The monoisotopic (exact) mass is 197 g/mol. The molecule has 0 aromatic carbocycles. The molecule has 3 nitrogen and oxygen atoms in total. The summed E-state index contributed by atoms with van der Waals surface area (Å²) in [6, 6.07) is 2.59. The number of hydrogen-bond acceptors (Lipinski definition) is 2. The molecule has 2 rings (SSSR count). The first-order valence-corrected chi connectivity index (χ1v) is 4.77. The van der Waals surface area contributed by atoms with Gasteiger partial charge in [-0.05, 0) is 24.8 Å². The van der Waals surface area contributed by atoms with Crippen LogP contribution in [0.4, 0.5) is 4.39 Å². The molecular weight excluding hydrogens is 185 g/mol. The van der Waals surface area contributed by atoms with Crippen LogP contribution in [-0.2, 0) is 0 Å². The SMILES string of the molecule is [O-][n+]1cc(F)ccc1OCC1CCC1. The third kappa shape index (κ3) is 1.95. The molecule has 0 N–H and O–H groups in total. The highest BCUT2D eigenvalue weighted by molar-refractivity contribution is 5.04. The predicted octanol–water partition coefficient (Wildman–Crippen LogP) is 1.64. The van der Waals surface area contributed by atoms with Gasteiger partial charge in [0.05, 0.1) is 12.7 Å². The number of halogens is 1. The van der Waals surface area contributed by atoms with Crippen LogP contribution in [0.2, 0.25) is 0 Å². The van der Waals surface area contributed by atoms with Crippen molar-refractivity contribution in [3.05, 3.63) is 29.4 Å². The average molecular weight is 197 g/mol. The van der Waals surface area contributed by atoms with E-state index in [-0.39, 0.29) is 5.88 Å². The van der Waals surface area contributed by atoms with E-state index in [4.69, 9.17) is 4.74 Å². The molecule has 1 fully saturated rings. The van der Waals surface area contributed by atoms with E-state index in [2.05, 4.69) is 0 Å². The summed E-state index contributed by atoms with van der Waals surface area (Å²) in [5.74, 6) is 0.203. The maximum Gasteiger partial charge on any atom is 0.379 e. The van der Waals surface area contributed by atoms with Crippen molar-refractivity contribution < 1.29 is 13.9 Å². The number of hydrogen-bond donors (Lipinski definition) is 0. The van der Waals surface area contributed by atoms with Crippen molar-refractivity contribution >= 4 is 0 Å². The first kappa shape index (κ1) is 9.24. The van der Waals surface area contributed by atoms with E-state index >= 15 is 0 Å². The Balaban J connectivity index is 1.94. The molecule has 0 spiro atoms. The van der Waals surface area contributed by atoms with Crippen molar-refractivity contribution in [1.29, 1.82) is 0 Å². The molecule has 1 aromatic rings. The largest absolute Gasteiger partial charge is 0.616 e. The molecule has 76 valence electrons. The average Bonchev–Trinajstić information content (AvgIpc) is 2.05. The van der Waals surface area contributed by atoms with Crippen LogP contribution in [0.5, 0.6) is 5.88 Å². The van der Waals surface area contributed by atoms with Gasteiger partial charge in [0.15, 0.2) is 5.82 Å². The third-order valence-corrected chi connectivity index (χ3v) is 2.53. The van der Waals surface area contributed by atoms with Crippen molar-refractivity contribution in [2.45, 2.75) is 19.3 Å². The molecule has 1 aliphatic rings. The normalized spacial score (nSPS) is 16.4. The zero-order valence-corrected chi connectivity index (χ0v) is 7.78. The summed E-state index contributed by atoms with van der Waals surface area (Å²) >= 11 is 0. The van der Waals surface area contributed by atoms with Crippen LogP contribution < -0.4 is 9.47 Å². The lowest BCUT2D eigenvalue weighted by atomic mass is 9.86. The number of ether oxygens (including phenoxy) is 1. The molecule has 4 heteroatoms. The van der Waals surface area contributed by atoms with Gasteiger partial charge >= 0.3 is 5.88 Å². The first-order valence-electron chi connectivity index (χ1n) is 4.77. The zero-order chi connectivity index (χ0) is 9.97. The summed E-state index contributed by atoms with van der Waals surface area (Å²) in [5, 5.41) is 11.1. The fourth-order valence-corrected chi connectivity index (χ4v) is 1.42.